The number of pyridine rings is 1. The highest BCUT2D eigenvalue weighted by Gasteiger charge is 2.30. The SMILES string of the molecule is Cc1cccn2c(=O)c(C=C3SC(=S)N(C)C3=O)c(Oc3ccc(F)cc3)nc12. The van der Waals surface area contributed by atoms with E-state index in [9.17, 15) is 14.0 Å². The first-order chi connectivity index (χ1) is 13.8. The number of likely N-dealkylation sites (N-methyl/N-ethyl adjacent to an activating group) is 1. The molecule has 146 valence electrons. The maximum atomic E-state index is 13.2. The van der Waals surface area contributed by atoms with Gasteiger partial charge in [0.25, 0.3) is 11.5 Å². The van der Waals surface area contributed by atoms with Crippen molar-refractivity contribution < 1.29 is 13.9 Å². The number of hydrogen-bond acceptors (Lipinski definition) is 6. The Balaban J connectivity index is 1.92. The highest BCUT2D eigenvalue weighted by Crippen LogP contribution is 2.33. The normalized spacial score (nSPS) is 15.6. The minimum Gasteiger partial charge on any atom is -0.438 e. The summed E-state index contributed by atoms with van der Waals surface area (Å²) in [6.45, 7) is 1.82. The fourth-order valence-electron chi connectivity index (χ4n) is 2.78. The molecule has 1 saturated heterocycles. The van der Waals surface area contributed by atoms with Crippen LogP contribution in [-0.4, -0.2) is 31.6 Å². The maximum Gasteiger partial charge on any atom is 0.269 e. The van der Waals surface area contributed by atoms with Gasteiger partial charge in [0.05, 0.1) is 4.91 Å². The molecule has 0 radical (unpaired) electrons. The molecule has 0 N–H and O–H groups in total. The molecule has 1 aliphatic heterocycles. The molecule has 0 atom stereocenters. The van der Waals surface area contributed by atoms with Crippen LogP contribution in [0.2, 0.25) is 0 Å². The highest BCUT2D eigenvalue weighted by molar-refractivity contribution is 8.26. The first-order valence-corrected chi connectivity index (χ1v) is 9.74. The molecule has 0 saturated carbocycles. The summed E-state index contributed by atoms with van der Waals surface area (Å²) in [5.41, 5.74) is 0.915. The van der Waals surface area contributed by atoms with Gasteiger partial charge in [-0.15, -0.1) is 0 Å². The number of benzene rings is 1. The van der Waals surface area contributed by atoms with Crippen LogP contribution in [0.3, 0.4) is 0 Å². The van der Waals surface area contributed by atoms with Gasteiger partial charge in [-0.05, 0) is 48.9 Å². The number of halogens is 1. The van der Waals surface area contributed by atoms with E-state index in [4.69, 9.17) is 17.0 Å². The third-order valence-electron chi connectivity index (χ3n) is 4.34. The Hall–Kier alpha value is -3.04. The number of ether oxygens (including phenoxy) is 1. The molecule has 9 heteroatoms. The lowest BCUT2D eigenvalue weighted by atomic mass is 10.2. The zero-order valence-corrected chi connectivity index (χ0v) is 17.0. The van der Waals surface area contributed by atoms with Crippen LogP contribution in [-0.2, 0) is 4.79 Å². The third kappa shape index (κ3) is 3.54. The molecule has 0 unspecified atom stereocenters. The summed E-state index contributed by atoms with van der Waals surface area (Å²) in [6.07, 6.45) is 3.04. The van der Waals surface area contributed by atoms with Crippen LogP contribution >= 0.6 is 24.0 Å². The van der Waals surface area contributed by atoms with Crippen molar-refractivity contribution in [2.45, 2.75) is 6.92 Å². The predicted molar refractivity (Wildman–Crippen MR) is 114 cm³/mol. The first-order valence-electron chi connectivity index (χ1n) is 8.52. The fraction of sp³-hybridized carbons (Fsp3) is 0.100. The average molecular weight is 427 g/mol. The topological polar surface area (TPSA) is 63.9 Å². The molecular weight excluding hydrogens is 413 g/mol. The minimum atomic E-state index is -0.411. The monoisotopic (exact) mass is 427 g/mol. The molecule has 1 aliphatic rings. The van der Waals surface area contributed by atoms with Gasteiger partial charge in [0, 0.05) is 13.2 Å². The van der Waals surface area contributed by atoms with E-state index in [1.807, 2.05) is 13.0 Å². The van der Waals surface area contributed by atoms with E-state index in [1.54, 1.807) is 19.3 Å². The van der Waals surface area contributed by atoms with E-state index in [1.165, 1.54) is 39.6 Å². The molecule has 2 aromatic heterocycles. The standard InChI is InChI=1S/C20H14FN3O3S2/c1-11-4-3-9-24-16(11)22-17(27-13-7-5-12(21)6-8-13)14(18(24)25)10-15-19(26)23(2)20(28)29-15/h3-10H,1-2H3. The zero-order chi connectivity index (χ0) is 20.7. The molecule has 3 aromatic rings. The van der Waals surface area contributed by atoms with Crippen LogP contribution in [0.4, 0.5) is 4.39 Å². The van der Waals surface area contributed by atoms with E-state index in [2.05, 4.69) is 4.98 Å². The number of hydrogen-bond donors (Lipinski definition) is 0. The smallest absolute Gasteiger partial charge is 0.269 e. The summed E-state index contributed by atoms with van der Waals surface area (Å²) < 4.78 is 20.8. The van der Waals surface area contributed by atoms with Crippen LogP contribution in [0.5, 0.6) is 11.6 Å². The molecule has 0 bridgehead atoms. The number of rotatable bonds is 3. The van der Waals surface area contributed by atoms with E-state index >= 15 is 0 Å². The summed E-state index contributed by atoms with van der Waals surface area (Å²) in [4.78, 5) is 31.7. The number of aryl methyl sites for hydroxylation is 1. The Morgan fingerprint density at radius 1 is 1.21 bits per heavy atom. The van der Waals surface area contributed by atoms with E-state index < -0.39 is 11.4 Å². The van der Waals surface area contributed by atoms with Gasteiger partial charge in [-0.25, -0.2) is 4.39 Å². The lowest BCUT2D eigenvalue weighted by Gasteiger charge is -2.11. The van der Waals surface area contributed by atoms with Crippen molar-refractivity contribution in [1.82, 2.24) is 14.3 Å². The second kappa shape index (κ2) is 7.41. The minimum absolute atomic E-state index is 0.0253. The summed E-state index contributed by atoms with van der Waals surface area (Å²) in [7, 11) is 1.57. The Morgan fingerprint density at radius 3 is 2.59 bits per heavy atom. The number of carbonyl (C=O) groups is 1. The Labute approximate surface area is 174 Å². The second-order valence-corrected chi connectivity index (χ2v) is 7.99. The van der Waals surface area contributed by atoms with Crippen LogP contribution in [0.1, 0.15) is 11.1 Å². The highest BCUT2D eigenvalue weighted by atomic mass is 32.2. The average Bonchev–Trinajstić information content (AvgIpc) is 2.94. The molecule has 0 spiro atoms. The molecule has 3 heterocycles. The summed E-state index contributed by atoms with van der Waals surface area (Å²) >= 11 is 6.25. The second-order valence-electron chi connectivity index (χ2n) is 6.32. The van der Waals surface area contributed by atoms with Gasteiger partial charge in [0.15, 0.2) is 0 Å². The lowest BCUT2D eigenvalue weighted by Crippen LogP contribution is -2.23. The van der Waals surface area contributed by atoms with Crippen LogP contribution in [0.25, 0.3) is 11.7 Å². The number of thioether (sulfide) groups is 1. The van der Waals surface area contributed by atoms with E-state index in [0.717, 1.165) is 17.3 Å². The largest absolute Gasteiger partial charge is 0.438 e. The maximum absolute atomic E-state index is 13.2. The Kier molecular flexibility index (Phi) is 4.93. The Morgan fingerprint density at radius 2 is 1.93 bits per heavy atom. The van der Waals surface area contributed by atoms with Gasteiger partial charge < -0.3 is 4.74 Å². The number of aromatic nitrogens is 2. The van der Waals surface area contributed by atoms with Crippen molar-refractivity contribution in [3.8, 4) is 11.6 Å². The van der Waals surface area contributed by atoms with Crippen molar-refractivity contribution in [1.29, 1.82) is 0 Å². The van der Waals surface area contributed by atoms with Gasteiger partial charge in [-0.3, -0.25) is 18.9 Å². The van der Waals surface area contributed by atoms with Crippen LogP contribution in [0.15, 0.2) is 52.3 Å². The number of fused-ring (bicyclic) bond motifs is 1. The quantitative estimate of drug-likeness (QED) is 0.468. The molecular formula is C20H14FN3O3S2. The number of thiocarbonyl (C=S) groups is 1. The lowest BCUT2D eigenvalue weighted by molar-refractivity contribution is -0.121. The molecule has 1 amide bonds. The molecule has 6 nitrogen and oxygen atoms in total. The predicted octanol–water partition coefficient (Wildman–Crippen LogP) is 3.77. The van der Waals surface area contributed by atoms with Crippen molar-refractivity contribution in [3.05, 3.63) is 74.8 Å². The number of nitrogens with zero attached hydrogens (tertiary/aromatic N) is 3. The van der Waals surface area contributed by atoms with Crippen LogP contribution in [0, 0.1) is 12.7 Å². The Bertz CT molecular complexity index is 1250. The number of carbonyl (C=O) groups excluding carboxylic acids is 1. The third-order valence-corrected chi connectivity index (χ3v) is 5.82. The van der Waals surface area contributed by atoms with Gasteiger partial charge in [0.2, 0.25) is 5.88 Å². The van der Waals surface area contributed by atoms with Gasteiger partial charge in [-0.2, -0.15) is 4.98 Å². The van der Waals surface area contributed by atoms with E-state index in [0.29, 0.717) is 20.6 Å². The molecule has 0 aliphatic carbocycles. The van der Waals surface area contributed by atoms with Crippen LogP contribution < -0.4 is 10.3 Å². The molecule has 1 fully saturated rings. The van der Waals surface area contributed by atoms with Gasteiger partial charge in [0.1, 0.15) is 27.1 Å². The summed E-state index contributed by atoms with van der Waals surface area (Å²) in [5.74, 6) is -0.376. The van der Waals surface area contributed by atoms with Crippen molar-refractivity contribution in [3.63, 3.8) is 0 Å². The first kappa shape index (κ1) is 19.3. The van der Waals surface area contributed by atoms with Crippen molar-refractivity contribution >= 4 is 45.9 Å². The zero-order valence-electron chi connectivity index (χ0n) is 15.4. The molecule has 1 aromatic carbocycles. The fourth-order valence-corrected chi connectivity index (χ4v) is 3.95. The molecule has 4 rings (SSSR count). The van der Waals surface area contributed by atoms with Gasteiger partial charge >= 0.3 is 0 Å². The van der Waals surface area contributed by atoms with Crippen molar-refractivity contribution in [2.24, 2.45) is 0 Å². The van der Waals surface area contributed by atoms with Crippen molar-refractivity contribution in [2.75, 3.05) is 7.05 Å². The summed E-state index contributed by atoms with van der Waals surface area (Å²) in [5, 5.41) is 0. The van der Waals surface area contributed by atoms with E-state index in [-0.39, 0.29) is 17.4 Å². The summed E-state index contributed by atoms with van der Waals surface area (Å²) in [6, 6.07) is 8.93. The molecule has 29 heavy (non-hydrogen) atoms. The number of amides is 1. The van der Waals surface area contributed by atoms with Gasteiger partial charge in [-0.1, -0.05) is 30.0 Å².